The Kier molecular flexibility index (Phi) is 6.01. The maximum absolute atomic E-state index is 12.7. The Morgan fingerprint density at radius 3 is 2.75 bits per heavy atom. The van der Waals surface area contributed by atoms with Crippen molar-refractivity contribution in [3.63, 3.8) is 0 Å². The summed E-state index contributed by atoms with van der Waals surface area (Å²) in [4.78, 5) is 25.5. The van der Waals surface area contributed by atoms with Crippen LogP contribution in [0.5, 0.6) is 5.75 Å². The van der Waals surface area contributed by atoms with Gasteiger partial charge in [0.25, 0.3) is 5.91 Å². The van der Waals surface area contributed by atoms with Crippen LogP contribution in [0.4, 0.5) is 5.00 Å². The van der Waals surface area contributed by atoms with E-state index in [2.05, 4.69) is 10.5 Å². The number of amides is 1. The molecule has 0 spiro atoms. The van der Waals surface area contributed by atoms with E-state index in [1.54, 1.807) is 37.3 Å². The molecule has 0 fully saturated rings. The Morgan fingerprint density at radius 1 is 1.29 bits per heavy atom. The van der Waals surface area contributed by atoms with E-state index in [9.17, 15) is 9.59 Å². The van der Waals surface area contributed by atoms with Crippen LogP contribution in [0.25, 0.3) is 0 Å². The zero-order valence-corrected chi connectivity index (χ0v) is 16.9. The second-order valence-electron chi connectivity index (χ2n) is 5.83. The highest BCUT2D eigenvalue weighted by Gasteiger charge is 2.24. The Hall–Kier alpha value is -2.84. The van der Waals surface area contributed by atoms with Gasteiger partial charge < -0.3 is 19.3 Å². The van der Waals surface area contributed by atoms with Gasteiger partial charge >= 0.3 is 5.97 Å². The number of thiophene rings is 1. The number of carbonyl (C=O) groups excluding carboxylic acids is 2. The minimum atomic E-state index is -0.529. The van der Waals surface area contributed by atoms with Gasteiger partial charge in [0, 0.05) is 4.88 Å². The summed E-state index contributed by atoms with van der Waals surface area (Å²) in [6, 6.07) is 8.67. The zero-order chi connectivity index (χ0) is 20.3. The van der Waals surface area contributed by atoms with Crippen molar-refractivity contribution in [3.05, 3.63) is 62.8 Å². The van der Waals surface area contributed by atoms with Crippen molar-refractivity contribution in [2.75, 3.05) is 12.4 Å². The van der Waals surface area contributed by atoms with Gasteiger partial charge in [-0.1, -0.05) is 28.9 Å². The van der Waals surface area contributed by atoms with E-state index < -0.39 is 11.9 Å². The highest BCUT2D eigenvalue weighted by Crippen LogP contribution is 2.30. The number of anilines is 1. The second-order valence-corrected chi connectivity index (χ2v) is 7.49. The smallest absolute Gasteiger partial charge is 0.340 e. The average Bonchev–Trinajstić information content (AvgIpc) is 3.22. The van der Waals surface area contributed by atoms with Gasteiger partial charge in [-0.05, 0) is 32.0 Å². The van der Waals surface area contributed by atoms with Crippen molar-refractivity contribution < 1.29 is 23.6 Å². The molecule has 0 aliphatic heterocycles. The fraction of sp³-hybridized carbons (Fsp3) is 0.211. The molecule has 7 nitrogen and oxygen atoms in total. The summed E-state index contributed by atoms with van der Waals surface area (Å²) in [7, 11) is 1.28. The van der Waals surface area contributed by atoms with Crippen LogP contribution in [0, 0.1) is 13.8 Å². The molecule has 0 saturated heterocycles. The van der Waals surface area contributed by atoms with Crippen molar-refractivity contribution in [2.45, 2.75) is 20.5 Å². The largest absolute Gasteiger partial charge is 0.487 e. The lowest BCUT2D eigenvalue weighted by molar-refractivity contribution is 0.0602. The van der Waals surface area contributed by atoms with Crippen LogP contribution in [0.15, 0.2) is 34.9 Å². The fourth-order valence-electron chi connectivity index (χ4n) is 2.48. The quantitative estimate of drug-likeness (QED) is 0.585. The topological polar surface area (TPSA) is 90.7 Å². The van der Waals surface area contributed by atoms with Gasteiger partial charge in [-0.2, -0.15) is 0 Å². The van der Waals surface area contributed by atoms with Crippen LogP contribution in [0.2, 0.25) is 5.02 Å². The first-order valence-electron chi connectivity index (χ1n) is 8.23. The molecule has 0 atom stereocenters. The van der Waals surface area contributed by atoms with Gasteiger partial charge in [0.15, 0.2) is 5.69 Å². The average molecular weight is 421 g/mol. The van der Waals surface area contributed by atoms with Gasteiger partial charge in [0.05, 0.1) is 23.3 Å². The van der Waals surface area contributed by atoms with Crippen LogP contribution in [-0.4, -0.2) is 24.1 Å². The van der Waals surface area contributed by atoms with E-state index in [-0.39, 0.29) is 17.9 Å². The molecule has 28 heavy (non-hydrogen) atoms. The molecular weight excluding hydrogens is 404 g/mol. The molecule has 146 valence electrons. The number of hydrogen-bond donors (Lipinski definition) is 1. The Labute approximate surface area is 170 Å². The third-order valence-corrected chi connectivity index (χ3v) is 5.17. The number of halogens is 1. The number of hydrogen-bond acceptors (Lipinski definition) is 7. The van der Waals surface area contributed by atoms with Crippen LogP contribution in [0.1, 0.15) is 37.0 Å². The Bertz CT molecular complexity index is 1030. The number of rotatable bonds is 6. The maximum atomic E-state index is 12.7. The first-order valence-corrected chi connectivity index (χ1v) is 9.42. The molecule has 0 saturated carbocycles. The number of esters is 1. The highest BCUT2D eigenvalue weighted by atomic mass is 35.5. The van der Waals surface area contributed by atoms with E-state index in [0.717, 1.165) is 4.88 Å². The van der Waals surface area contributed by atoms with Crippen LogP contribution in [0.3, 0.4) is 0 Å². The summed E-state index contributed by atoms with van der Waals surface area (Å²) >= 11 is 7.36. The summed E-state index contributed by atoms with van der Waals surface area (Å²) in [6.07, 6.45) is 0. The molecule has 0 radical (unpaired) electrons. The van der Waals surface area contributed by atoms with Gasteiger partial charge in [-0.25, -0.2) is 4.79 Å². The normalized spacial score (nSPS) is 10.6. The number of nitrogens with zero attached hydrogens (tertiary/aromatic N) is 1. The highest BCUT2D eigenvalue weighted by molar-refractivity contribution is 7.16. The lowest BCUT2D eigenvalue weighted by Crippen LogP contribution is -2.16. The molecule has 2 heterocycles. The van der Waals surface area contributed by atoms with Crippen LogP contribution >= 0.6 is 22.9 Å². The first kappa shape index (κ1) is 19.9. The van der Waals surface area contributed by atoms with Crippen LogP contribution in [-0.2, 0) is 11.3 Å². The number of carbonyl (C=O) groups is 2. The van der Waals surface area contributed by atoms with Crippen molar-refractivity contribution >= 4 is 39.8 Å². The molecular formula is C19H17ClN2O5S. The molecule has 3 rings (SSSR count). The predicted octanol–water partition coefficient (Wildman–Crippen LogP) is 4.62. The molecule has 9 heteroatoms. The summed E-state index contributed by atoms with van der Waals surface area (Å²) in [6.45, 7) is 3.56. The minimum absolute atomic E-state index is 0.0507. The summed E-state index contributed by atoms with van der Waals surface area (Å²) < 4.78 is 15.6. The number of aryl methyl sites for hydroxylation is 2. The molecule has 0 aliphatic carbocycles. The molecule has 0 bridgehead atoms. The number of aromatic nitrogens is 1. The zero-order valence-electron chi connectivity index (χ0n) is 15.4. The van der Waals surface area contributed by atoms with Gasteiger partial charge in [0.1, 0.15) is 23.1 Å². The predicted molar refractivity (Wildman–Crippen MR) is 105 cm³/mol. The number of para-hydroxylation sites is 1. The van der Waals surface area contributed by atoms with E-state index in [1.165, 1.54) is 18.4 Å². The third-order valence-electron chi connectivity index (χ3n) is 3.90. The molecule has 3 aromatic rings. The van der Waals surface area contributed by atoms with Gasteiger partial charge in [0.2, 0.25) is 0 Å². The minimum Gasteiger partial charge on any atom is -0.487 e. The molecule has 2 aromatic heterocycles. The molecule has 0 unspecified atom stereocenters. The molecule has 1 N–H and O–H groups in total. The standard InChI is InChI=1S/C19H17ClN2O5S/c1-10-8-12(19(24)25-3)18(28-10)21-17(23)16-13(11(2)27-22-16)9-26-15-7-5-4-6-14(15)20/h4-8H,9H2,1-3H3,(H,21,23). The van der Waals surface area contributed by atoms with Crippen molar-refractivity contribution in [3.8, 4) is 5.75 Å². The number of ether oxygens (including phenoxy) is 2. The van der Waals surface area contributed by atoms with E-state index in [4.69, 9.17) is 25.6 Å². The molecule has 1 amide bonds. The Balaban J connectivity index is 1.80. The number of nitrogens with one attached hydrogen (secondary N) is 1. The van der Waals surface area contributed by atoms with E-state index >= 15 is 0 Å². The van der Waals surface area contributed by atoms with Gasteiger partial charge in [-0.15, -0.1) is 11.3 Å². The fourth-order valence-corrected chi connectivity index (χ4v) is 3.57. The van der Waals surface area contributed by atoms with Gasteiger partial charge in [-0.3, -0.25) is 4.79 Å². The monoisotopic (exact) mass is 420 g/mol. The molecule has 0 aliphatic rings. The third kappa shape index (κ3) is 4.18. The Morgan fingerprint density at radius 2 is 2.04 bits per heavy atom. The SMILES string of the molecule is COC(=O)c1cc(C)sc1NC(=O)c1noc(C)c1COc1ccccc1Cl. The number of methoxy groups -OCH3 is 1. The molecule has 1 aromatic carbocycles. The van der Waals surface area contributed by atoms with Crippen LogP contribution < -0.4 is 10.1 Å². The lowest BCUT2D eigenvalue weighted by atomic mass is 10.2. The second kappa shape index (κ2) is 8.45. The summed E-state index contributed by atoms with van der Waals surface area (Å²) in [5, 5.41) is 7.38. The number of benzene rings is 1. The summed E-state index contributed by atoms with van der Waals surface area (Å²) in [5.74, 6) is -0.106. The first-order chi connectivity index (χ1) is 13.4. The van der Waals surface area contributed by atoms with Crippen molar-refractivity contribution in [2.24, 2.45) is 0 Å². The van der Waals surface area contributed by atoms with Crippen molar-refractivity contribution in [1.29, 1.82) is 0 Å². The summed E-state index contributed by atoms with van der Waals surface area (Å²) in [5.41, 5.74) is 0.851. The van der Waals surface area contributed by atoms with E-state index in [0.29, 0.717) is 27.1 Å². The maximum Gasteiger partial charge on any atom is 0.340 e. The van der Waals surface area contributed by atoms with Crippen molar-refractivity contribution in [1.82, 2.24) is 5.16 Å². The lowest BCUT2D eigenvalue weighted by Gasteiger charge is -2.08. The van der Waals surface area contributed by atoms with E-state index in [1.807, 2.05) is 6.92 Å².